The van der Waals surface area contributed by atoms with Crippen LogP contribution in [0.1, 0.15) is 72.3 Å². The van der Waals surface area contributed by atoms with Gasteiger partial charge in [-0.05, 0) is 83.4 Å². The maximum absolute atomic E-state index is 9.88. The van der Waals surface area contributed by atoms with Gasteiger partial charge in [0.05, 0.1) is 5.57 Å². The molecule has 2 aromatic carbocycles. The van der Waals surface area contributed by atoms with Gasteiger partial charge in [0.1, 0.15) is 6.07 Å². The standard InChI is InChI=1S/C33H43N3/c1-7-17-36(18-8-2)32-16-15-30-20-29(13-14-31(30)21-32)28-12-11-27(19-28)24(5)33(22-34)25(6)35-23-26(9-3)10-4/h11-16,20-21,26,35H,6-10,17-19,23H2,1-5H3/b33-24+. The van der Waals surface area contributed by atoms with Crippen molar-refractivity contribution in [3.63, 3.8) is 0 Å². The lowest BCUT2D eigenvalue weighted by Crippen LogP contribution is -2.24. The van der Waals surface area contributed by atoms with Crippen LogP contribution in [-0.2, 0) is 0 Å². The number of nitriles is 1. The SMILES string of the molecule is C=C(NCC(CC)CC)/C(C#N)=C(\C)C1=CC=C(c2ccc3cc(N(CCC)CCC)ccc3c2)C1. The summed E-state index contributed by atoms with van der Waals surface area (Å²) in [5.41, 5.74) is 7.46. The molecule has 36 heavy (non-hydrogen) atoms. The molecule has 3 rings (SSSR count). The van der Waals surface area contributed by atoms with Gasteiger partial charge in [0, 0.05) is 31.0 Å². The molecule has 3 nitrogen and oxygen atoms in total. The third-order valence-electron chi connectivity index (χ3n) is 7.44. The van der Waals surface area contributed by atoms with Crippen molar-refractivity contribution in [3.8, 4) is 6.07 Å². The van der Waals surface area contributed by atoms with Crippen molar-refractivity contribution in [1.29, 1.82) is 5.26 Å². The minimum atomic E-state index is 0.603. The number of allylic oxidation sites excluding steroid dienone is 6. The Kier molecular flexibility index (Phi) is 10.00. The number of nitrogens with zero attached hydrogens (tertiary/aromatic N) is 2. The zero-order chi connectivity index (χ0) is 26.1. The quantitative estimate of drug-likeness (QED) is 0.230. The zero-order valence-electron chi connectivity index (χ0n) is 23.0. The van der Waals surface area contributed by atoms with Gasteiger partial charge in [0.15, 0.2) is 0 Å². The molecule has 190 valence electrons. The van der Waals surface area contributed by atoms with Crippen LogP contribution < -0.4 is 10.2 Å². The number of rotatable bonds is 13. The molecule has 0 aromatic heterocycles. The molecule has 2 aromatic rings. The van der Waals surface area contributed by atoms with E-state index in [0.717, 1.165) is 63.0 Å². The fourth-order valence-corrected chi connectivity index (χ4v) is 4.99. The first-order valence-electron chi connectivity index (χ1n) is 13.7. The van der Waals surface area contributed by atoms with Crippen molar-refractivity contribution in [3.05, 3.63) is 83.1 Å². The molecule has 0 atom stereocenters. The van der Waals surface area contributed by atoms with Crippen molar-refractivity contribution >= 4 is 22.0 Å². The predicted molar refractivity (Wildman–Crippen MR) is 157 cm³/mol. The molecule has 0 fully saturated rings. The van der Waals surface area contributed by atoms with Crippen molar-refractivity contribution in [2.75, 3.05) is 24.5 Å². The molecule has 0 unspecified atom stereocenters. The molecule has 1 aliphatic rings. The molecule has 0 amide bonds. The molecular weight excluding hydrogens is 438 g/mol. The summed E-state index contributed by atoms with van der Waals surface area (Å²) in [5, 5.41) is 15.8. The highest BCUT2D eigenvalue weighted by atomic mass is 15.1. The van der Waals surface area contributed by atoms with E-state index in [1.54, 1.807) is 0 Å². The molecule has 0 aliphatic heterocycles. The van der Waals surface area contributed by atoms with Crippen LogP contribution >= 0.6 is 0 Å². The average Bonchev–Trinajstić information content (AvgIpc) is 3.39. The third kappa shape index (κ3) is 6.49. The van der Waals surface area contributed by atoms with E-state index < -0.39 is 0 Å². The molecule has 0 radical (unpaired) electrons. The molecule has 0 spiro atoms. The number of benzene rings is 2. The molecule has 1 N–H and O–H groups in total. The summed E-state index contributed by atoms with van der Waals surface area (Å²) in [4.78, 5) is 2.48. The molecule has 0 saturated carbocycles. The second-order valence-electron chi connectivity index (χ2n) is 9.95. The van der Waals surface area contributed by atoms with E-state index in [1.807, 2.05) is 6.92 Å². The number of nitrogens with one attached hydrogen (secondary N) is 1. The molecule has 0 heterocycles. The van der Waals surface area contributed by atoms with Gasteiger partial charge >= 0.3 is 0 Å². The monoisotopic (exact) mass is 481 g/mol. The Morgan fingerprint density at radius 3 is 2.31 bits per heavy atom. The van der Waals surface area contributed by atoms with Crippen LogP contribution in [0.2, 0.25) is 0 Å². The van der Waals surface area contributed by atoms with Gasteiger partial charge in [-0.15, -0.1) is 0 Å². The molecule has 1 aliphatic carbocycles. The summed E-state index contributed by atoms with van der Waals surface area (Å²) in [6, 6.07) is 16.0. The van der Waals surface area contributed by atoms with Gasteiger partial charge in [-0.25, -0.2) is 0 Å². The number of hydrogen-bond acceptors (Lipinski definition) is 3. The highest BCUT2D eigenvalue weighted by molar-refractivity contribution is 5.90. The van der Waals surface area contributed by atoms with Crippen LogP contribution in [0.25, 0.3) is 16.3 Å². The van der Waals surface area contributed by atoms with Crippen molar-refractivity contribution in [2.24, 2.45) is 5.92 Å². The van der Waals surface area contributed by atoms with Crippen LogP contribution in [0.5, 0.6) is 0 Å². The second kappa shape index (κ2) is 13.2. The van der Waals surface area contributed by atoms with Gasteiger partial charge in [0.25, 0.3) is 0 Å². The van der Waals surface area contributed by atoms with E-state index in [-0.39, 0.29) is 0 Å². The predicted octanol–water partition coefficient (Wildman–Crippen LogP) is 8.56. The normalized spacial score (nSPS) is 13.8. The van der Waals surface area contributed by atoms with Crippen LogP contribution in [0.3, 0.4) is 0 Å². The minimum Gasteiger partial charge on any atom is -0.384 e. The first kappa shape index (κ1) is 27.3. The molecular formula is C33H43N3. The number of anilines is 1. The van der Waals surface area contributed by atoms with E-state index in [2.05, 4.69) is 99.1 Å². The lowest BCUT2D eigenvalue weighted by molar-refractivity contribution is 0.473. The van der Waals surface area contributed by atoms with Gasteiger partial charge < -0.3 is 10.2 Å². The first-order valence-corrected chi connectivity index (χ1v) is 13.7. The Labute approximate surface area is 218 Å². The van der Waals surface area contributed by atoms with E-state index >= 15 is 0 Å². The Bertz CT molecular complexity index is 1200. The average molecular weight is 482 g/mol. The van der Waals surface area contributed by atoms with E-state index in [0.29, 0.717) is 11.5 Å². The van der Waals surface area contributed by atoms with E-state index in [1.165, 1.54) is 33.2 Å². The maximum atomic E-state index is 9.88. The summed E-state index contributed by atoms with van der Waals surface area (Å²) < 4.78 is 0. The topological polar surface area (TPSA) is 39.1 Å². The van der Waals surface area contributed by atoms with Crippen molar-refractivity contribution in [2.45, 2.75) is 66.7 Å². The first-order chi connectivity index (χ1) is 17.4. The van der Waals surface area contributed by atoms with Gasteiger partial charge in [-0.1, -0.05) is 77.5 Å². The molecule has 0 saturated heterocycles. The van der Waals surface area contributed by atoms with Crippen molar-refractivity contribution in [1.82, 2.24) is 5.32 Å². The summed E-state index contributed by atoms with van der Waals surface area (Å²) in [5.74, 6) is 0.603. The third-order valence-corrected chi connectivity index (χ3v) is 7.44. The fraction of sp³-hybridized carbons (Fsp3) is 0.424. The highest BCUT2D eigenvalue weighted by Gasteiger charge is 2.17. The Balaban J connectivity index is 1.74. The highest BCUT2D eigenvalue weighted by Crippen LogP contribution is 2.35. The maximum Gasteiger partial charge on any atom is 0.102 e. The van der Waals surface area contributed by atoms with Gasteiger partial charge in [-0.3, -0.25) is 0 Å². The molecule has 0 bridgehead atoms. The van der Waals surface area contributed by atoms with E-state index in [4.69, 9.17) is 0 Å². The van der Waals surface area contributed by atoms with Gasteiger partial charge in [0.2, 0.25) is 0 Å². The van der Waals surface area contributed by atoms with Crippen LogP contribution in [0.4, 0.5) is 5.69 Å². The summed E-state index contributed by atoms with van der Waals surface area (Å²) in [6.07, 6.45) is 9.77. The Morgan fingerprint density at radius 1 is 1.00 bits per heavy atom. The lowest BCUT2D eigenvalue weighted by Gasteiger charge is -2.24. The minimum absolute atomic E-state index is 0.603. The van der Waals surface area contributed by atoms with Crippen LogP contribution in [0.15, 0.2) is 77.5 Å². The van der Waals surface area contributed by atoms with Crippen LogP contribution in [-0.4, -0.2) is 19.6 Å². The summed E-state index contributed by atoms with van der Waals surface area (Å²) in [6.45, 7) is 18.2. The number of fused-ring (bicyclic) bond motifs is 1. The second-order valence-corrected chi connectivity index (χ2v) is 9.95. The van der Waals surface area contributed by atoms with E-state index in [9.17, 15) is 5.26 Å². The Hall–Kier alpha value is -3.25. The molecule has 3 heteroatoms. The largest absolute Gasteiger partial charge is 0.384 e. The lowest BCUT2D eigenvalue weighted by atomic mass is 9.94. The zero-order valence-corrected chi connectivity index (χ0v) is 23.0. The summed E-state index contributed by atoms with van der Waals surface area (Å²) in [7, 11) is 0. The number of hydrogen-bond donors (Lipinski definition) is 1. The smallest absolute Gasteiger partial charge is 0.102 e. The fourth-order valence-electron chi connectivity index (χ4n) is 4.99. The van der Waals surface area contributed by atoms with Crippen LogP contribution in [0, 0.1) is 17.2 Å². The summed E-state index contributed by atoms with van der Waals surface area (Å²) >= 11 is 0. The Morgan fingerprint density at radius 2 is 1.67 bits per heavy atom. The van der Waals surface area contributed by atoms with Gasteiger partial charge in [-0.2, -0.15) is 5.26 Å². The van der Waals surface area contributed by atoms with Crippen molar-refractivity contribution < 1.29 is 0 Å².